The zero-order chi connectivity index (χ0) is 19.3. The Bertz CT molecular complexity index is 899. The third kappa shape index (κ3) is 4.34. The molecule has 0 saturated carbocycles. The quantitative estimate of drug-likeness (QED) is 0.811. The van der Waals surface area contributed by atoms with Crippen LogP contribution in [0.1, 0.15) is 24.0 Å². The lowest BCUT2D eigenvalue weighted by molar-refractivity contribution is -0.129. The van der Waals surface area contributed by atoms with E-state index in [4.69, 9.17) is 9.47 Å². The number of hydrogen-bond donors (Lipinski definition) is 1. The minimum Gasteiger partial charge on any atom is -0.454 e. The molecule has 0 atom stereocenters. The van der Waals surface area contributed by atoms with Crippen molar-refractivity contribution in [1.29, 1.82) is 0 Å². The van der Waals surface area contributed by atoms with Crippen LogP contribution < -0.4 is 14.8 Å². The molecule has 6 nitrogen and oxygen atoms in total. The number of benzene rings is 2. The molecule has 1 N–H and O–H groups in total. The van der Waals surface area contributed by atoms with Crippen LogP contribution in [0.25, 0.3) is 6.08 Å². The van der Waals surface area contributed by atoms with Crippen molar-refractivity contribution in [3.8, 4) is 11.5 Å². The molecule has 0 radical (unpaired) electrons. The van der Waals surface area contributed by atoms with Gasteiger partial charge in [0.1, 0.15) is 0 Å². The number of anilines is 1. The van der Waals surface area contributed by atoms with Crippen LogP contribution in [-0.2, 0) is 16.0 Å². The van der Waals surface area contributed by atoms with Gasteiger partial charge in [-0.15, -0.1) is 0 Å². The number of carbonyl (C=O) groups is 2. The summed E-state index contributed by atoms with van der Waals surface area (Å²) < 4.78 is 10.6. The Morgan fingerprint density at radius 2 is 1.75 bits per heavy atom. The van der Waals surface area contributed by atoms with Gasteiger partial charge in [0.2, 0.25) is 18.6 Å². The first kappa shape index (κ1) is 18.1. The average molecular weight is 378 g/mol. The van der Waals surface area contributed by atoms with E-state index >= 15 is 0 Å². The number of nitrogens with one attached hydrogen (secondary N) is 1. The number of rotatable bonds is 5. The fraction of sp³-hybridized carbons (Fsp3) is 0.273. The van der Waals surface area contributed by atoms with Gasteiger partial charge in [0.05, 0.1) is 6.42 Å². The molecule has 144 valence electrons. The van der Waals surface area contributed by atoms with E-state index in [9.17, 15) is 9.59 Å². The van der Waals surface area contributed by atoms with Gasteiger partial charge in [-0.3, -0.25) is 9.59 Å². The van der Waals surface area contributed by atoms with Gasteiger partial charge in [0.15, 0.2) is 11.5 Å². The Morgan fingerprint density at radius 1 is 1.00 bits per heavy atom. The van der Waals surface area contributed by atoms with Crippen LogP contribution in [0, 0.1) is 0 Å². The summed E-state index contributed by atoms with van der Waals surface area (Å²) in [6.07, 6.45) is 5.79. The van der Waals surface area contributed by atoms with Crippen molar-refractivity contribution < 1.29 is 19.1 Å². The van der Waals surface area contributed by atoms with Crippen molar-refractivity contribution in [3.63, 3.8) is 0 Å². The van der Waals surface area contributed by atoms with E-state index in [1.165, 1.54) is 6.08 Å². The van der Waals surface area contributed by atoms with E-state index in [2.05, 4.69) is 5.32 Å². The number of fused-ring (bicyclic) bond motifs is 1. The van der Waals surface area contributed by atoms with E-state index in [0.717, 1.165) is 37.1 Å². The molecule has 2 aliphatic rings. The van der Waals surface area contributed by atoms with Gasteiger partial charge in [-0.1, -0.05) is 18.2 Å². The normalized spacial score (nSPS) is 15.2. The highest BCUT2D eigenvalue weighted by Gasteiger charge is 2.17. The van der Waals surface area contributed by atoms with Crippen LogP contribution in [0.2, 0.25) is 0 Å². The summed E-state index contributed by atoms with van der Waals surface area (Å²) in [6, 6.07) is 12.9. The smallest absolute Gasteiger partial charge is 0.248 e. The number of hydrogen-bond acceptors (Lipinski definition) is 4. The zero-order valence-corrected chi connectivity index (χ0v) is 15.5. The lowest BCUT2D eigenvalue weighted by Gasteiger charge is -2.15. The lowest BCUT2D eigenvalue weighted by atomic mass is 10.1. The molecule has 1 saturated heterocycles. The summed E-state index contributed by atoms with van der Waals surface area (Å²) in [5.74, 6) is 1.34. The van der Waals surface area contributed by atoms with Crippen LogP contribution in [0.4, 0.5) is 5.69 Å². The molecule has 2 aromatic carbocycles. The highest BCUT2D eigenvalue weighted by atomic mass is 16.7. The number of carbonyl (C=O) groups excluding carboxylic acids is 2. The third-order valence-corrected chi connectivity index (χ3v) is 4.86. The van der Waals surface area contributed by atoms with Crippen LogP contribution >= 0.6 is 0 Å². The third-order valence-electron chi connectivity index (χ3n) is 4.86. The molecule has 6 heteroatoms. The van der Waals surface area contributed by atoms with Gasteiger partial charge in [0, 0.05) is 24.9 Å². The first-order chi connectivity index (χ1) is 13.7. The molecule has 0 spiro atoms. The largest absolute Gasteiger partial charge is 0.454 e. The monoisotopic (exact) mass is 378 g/mol. The minimum atomic E-state index is -0.224. The Labute approximate surface area is 163 Å². The summed E-state index contributed by atoms with van der Waals surface area (Å²) in [4.78, 5) is 26.3. The maximum absolute atomic E-state index is 12.2. The fourth-order valence-electron chi connectivity index (χ4n) is 3.33. The van der Waals surface area contributed by atoms with Crippen molar-refractivity contribution in [3.05, 3.63) is 59.7 Å². The van der Waals surface area contributed by atoms with E-state index in [-0.39, 0.29) is 18.6 Å². The first-order valence-corrected chi connectivity index (χ1v) is 9.43. The van der Waals surface area contributed by atoms with E-state index in [0.29, 0.717) is 23.6 Å². The van der Waals surface area contributed by atoms with Gasteiger partial charge in [-0.25, -0.2) is 0 Å². The number of likely N-dealkylation sites (tertiary alicyclic amines) is 1. The van der Waals surface area contributed by atoms with E-state index in [1.54, 1.807) is 6.08 Å². The van der Waals surface area contributed by atoms with Crippen molar-refractivity contribution in [1.82, 2.24) is 4.90 Å². The standard InChI is InChI=1S/C22H22N2O4/c25-21(10-6-16-5-9-19-20(13-16)28-15-27-19)23-18-7-3-17(4-8-18)14-22(26)24-11-1-2-12-24/h3-10,13H,1-2,11-12,14-15H2,(H,23,25)/b10-6+. The van der Waals surface area contributed by atoms with Crippen molar-refractivity contribution in [2.75, 3.05) is 25.2 Å². The first-order valence-electron chi connectivity index (χ1n) is 9.43. The Balaban J connectivity index is 1.31. The lowest BCUT2D eigenvalue weighted by Crippen LogP contribution is -2.29. The van der Waals surface area contributed by atoms with Crippen molar-refractivity contribution in [2.24, 2.45) is 0 Å². The maximum Gasteiger partial charge on any atom is 0.248 e. The summed E-state index contributed by atoms with van der Waals surface area (Å²) >= 11 is 0. The molecule has 2 amide bonds. The van der Waals surface area contributed by atoms with Crippen LogP contribution in [0.15, 0.2) is 48.5 Å². The minimum absolute atomic E-state index is 0.168. The molecule has 2 aliphatic heterocycles. The predicted molar refractivity (Wildman–Crippen MR) is 106 cm³/mol. The van der Waals surface area contributed by atoms with Gasteiger partial charge in [0.25, 0.3) is 0 Å². The Morgan fingerprint density at radius 3 is 2.54 bits per heavy atom. The molecule has 2 aromatic rings. The van der Waals surface area contributed by atoms with Gasteiger partial charge < -0.3 is 19.7 Å². The molecular weight excluding hydrogens is 356 g/mol. The number of ether oxygens (including phenoxy) is 2. The predicted octanol–water partition coefficient (Wildman–Crippen LogP) is 3.23. The molecule has 4 rings (SSSR count). The topological polar surface area (TPSA) is 67.9 Å². The highest BCUT2D eigenvalue weighted by molar-refractivity contribution is 6.02. The molecule has 0 bridgehead atoms. The SMILES string of the molecule is O=C(/C=C/c1ccc2c(c1)OCO2)Nc1ccc(CC(=O)N2CCCC2)cc1. The summed E-state index contributed by atoms with van der Waals surface area (Å²) in [5.41, 5.74) is 2.50. The molecule has 2 heterocycles. The van der Waals surface area contributed by atoms with Gasteiger partial charge >= 0.3 is 0 Å². The molecule has 0 unspecified atom stereocenters. The molecule has 0 aliphatic carbocycles. The summed E-state index contributed by atoms with van der Waals surface area (Å²) in [7, 11) is 0. The van der Waals surface area contributed by atoms with E-state index < -0.39 is 0 Å². The Kier molecular flexibility index (Phi) is 5.28. The summed E-state index contributed by atoms with van der Waals surface area (Å²) in [5, 5.41) is 2.82. The summed E-state index contributed by atoms with van der Waals surface area (Å²) in [6.45, 7) is 1.95. The second kappa shape index (κ2) is 8.17. The van der Waals surface area contributed by atoms with Crippen LogP contribution in [0.5, 0.6) is 11.5 Å². The van der Waals surface area contributed by atoms with Crippen LogP contribution in [-0.4, -0.2) is 36.6 Å². The molecular formula is C22H22N2O4. The van der Waals surface area contributed by atoms with Gasteiger partial charge in [-0.2, -0.15) is 0 Å². The second-order valence-corrected chi connectivity index (χ2v) is 6.90. The maximum atomic E-state index is 12.2. The highest BCUT2D eigenvalue weighted by Crippen LogP contribution is 2.32. The Hall–Kier alpha value is -3.28. The van der Waals surface area contributed by atoms with Crippen molar-refractivity contribution >= 4 is 23.6 Å². The van der Waals surface area contributed by atoms with Gasteiger partial charge in [-0.05, 0) is 54.3 Å². The van der Waals surface area contributed by atoms with Crippen molar-refractivity contribution in [2.45, 2.75) is 19.3 Å². The number of amides is 2. The second-order valence-electron chi connectivity index (χ2n) is 6.90. The number of nitrogens with zero attached hydrogens (tertiary/aromatic N) is 1. The molecule has 28 heavy (non-hydrogen) atoms. The van der Waals surface area contributed by atoms with E-state index in [1.807, 2.05) is 47.4 Å². The molecule has 1 fully saturated rings. The average Bonchev–Trinajstić information content (AvgIpc) is 3.39. The van der Waals surface area contributed by atoms with Crippen LogP contribution in [0.3, 0.4) is 0 Å². The fourth-order valence-corrected chi connectivity index (χ4v) is 3.33. The zero-order valence-electron chi connectivity index (χ0n) is 15.5. The molecule has 0 aromatic heterocycles.